The first-order valence-electron chi connectivity index (χ1n) is 8.57. The van der Waals surface area contributed by atoms with E-state index >= 15 is 0 Å². The van der Waals surface area contributed by atoms with Crippen LogP contribution in [0.3, 0.4) is 0 Å². The molecule has 0 bridgehead atoms. The van der Waals surface area contributed by atoms with Gasteiger partial charge in [0.2, 0.25) is 5.91 Å². The number of fused-ring (bicyclic) bond motifs is 1. The molecule has 0 radical (unpaired) electrons. The molecule has 0 saturated heterocycles. The highest BCUT2D eigenvalue weighted by Gasteiger charge is 2.42. The Bertz CT molecular complexity index is 875. The van der Waals surface area contributed by atoms with Crippen molar-refractivity contribution in [2.45, 2.75) is 44.7 Å². The van der Waals surface area contributed by atoms with Gasteiger partial charge in [-0.3, -0.25) is 19.7 Å². The fourth-order valence-corrected chi connectivity index (χ4v) is 3.83. The number of nitro groups is 1. The summed E-state index contributed by atoms with van der Waals surface area (Å²) in [6.07, 6.45) is 4.63. The molecule has 2 N–H and O–H groups in total. The van der Waals surface area contributed by atoms with Crippen LogP contribution in [0, 0.1) is 16.0 Å². The second-order valence-corrected chi connectivity index (χ2v) is 7.05. The SMILES string of the molecule is CC1(NC(=O)Cn2ccc3cc([N+](=O)[O-])ccc32)CCCCC1C(=O)O. The molecule has 1 aromatic carbocycles. The maximum absolute atomic E-state index is 12.5. The molecule has 8 heteroatoms. The summed E-state index contributed by atoms with van der Waals surface area (Å²) in [5, 5.41) is 23.9. The lowest BCUT2D eigenvalue weighted by Crippen LogP contribution is -2.56. The molecule has 8 nitrogen and oxygen atoms in total. The van der Waals surface area contributed by atoms with Crippen LogP contribution in [0.2, 0.25) is 0 Å². The van der Waals surface area contributed by atoms with Gasteiger partial charge in [-0.25, -0.2) is 0 Å². The van der Waals surface area contributed by atoms with Crippen molar-refractivity contribution in [2.75, 3.05) is 0 Å². The van der Waals surface area contributed by atoms with E-state index in [0.29, 0.717) is 23.7 Å². The van der Waals surface area contributed by atoms with E-state index in [0.717, 1.165) is 12.8 Å². The molecule has 1 saturated carbocycles. The Kier molecular flexibility index (Phi) is 4.67. The van der Waals surface area contributed by atoms with E-state index in [-0.39, 0.29) is 18.1 Å². The van der Waals surface area contributed by atoms with Crippen LogP contribution in [-0.2, 0) is 16.1 Å². The molecule has 0 aliphatic heterocycles. The molecule has 3 rings (SSSR count). The second kappa shape index (κ2) is 6.78. The molecular weight excluding hydrogens is 338 g/mol. The number of rotatable bonds is 5. The molecule has 2 unspecified atom stereocenters. The minimum Gasteiger partial charge on any atom is -0.481 e. The average Bonchev–Trinajstić information content (AvgIpc) is 2.96. The number of carboxylic acids is 1. The van der Waals surface area contributed by atoms with Gasteiger partial charge in [0, 0.05) is 29.2 Å². The van der Waals surface area contributed by atoms with Crippen molar-refractivity contribution in [1.82, 2.24) is 9.88 Å². The molecule has 1 amide bonds. The Labute approximate surface area is 149 Å². The quantitative estimate of drug-likeness (QED) is 0.629. The third-order valence-corrected chi connectivity index (χ3v) is 5.21. The minimum absolute atomic E-state index is 0.00119. The Morgan fingerprint density at radius 2 is 2.15 bits per heavy atom. The van der Waals surface area contributed by atoms with Gasteiger partial charge < -0.3 is 15.0 Å². The Balaban J connectivity index is 1.76. The van der Waals surface area contributed by atoms with E-state index in [1.165, 1.54) is 12.1 Å². The number of carboxylic acid groups (broad SMARTS) is 1. The molecular formula is C18H21N3O5. The second-order valence-electron chi connectivity index (χ2n) is 7.05. The van der Waals surface area contributed by atoms with Crippen LogP contribution in [0.25, 0.3) is 10.9 Å². The summed E-state index contributed by atoms with van der Waals surface area (Å²) in [5.41, 5.74) is -0.0452. The first kappa shape index (κ1) is 17.9. The molecule has 1 aliphatic carbocycles. The summed E-state index contributed by atoms with van der Waals surface area (Å²) in [6.45, 7) is 1.82. The zero-order valence-electron chi connectivity index (χ0n) is 14.5. The summed E-state index contributed by atoms with van der Waals surface area (Å²) in [6, 6.07) is 6.20. The number of carbonyl (C=O) groups is 2. The van der Waals surface area contributed by atoms with Crippen molar-refractivity contribution in [3.05, 3.63) is 40.6 Å². The van der Waals surface area contributed by atoms with Crippen molar-refractivity contribution in [3.8, 4) is 0 Å². The standard InChI is InChI=1S/C18H21N3O5/c1-18(8-3-2-4-14(18)17(23)24)19-16(22)11-20-9-7-12-10-13(21(25)26)5-6-15(12)20/h5-7,9-10,14H,2-4,8,11H2,1H3,(H,19,22)(H,23,24). The predicted octanol–water partition coefficient (Wildman–Crippen LogP) is 2.70. The normalized spacial score (nSPS) is 22.9. The topological polar surface area (TPSA) is 114 Å². The number of nitrogens with one attached hydrogen (secondary N) is 1. The Morgan fingerprint density at radius 3 is 2.85 bits per heavy atom. The monoisotopic (exact) mass is 359 g/mol. The number of carbonyl (C=O) groups excluding carboxylic acids is 1. The largest absolute Gasteiger partial charge is 0.481 e. The van der Waals surface area contributed by atoms with E-state index in [4.69, 9.17) is 0 Å². The molecule has 1 aliphatic rings. The van der Waals surface area contributed by atoms with E-state index < -0.39 is 22.3 Å². The summed E-state index contributed by atoms with van der Waals surface area (Å²) >= 11 is 0. The smallest absolute Gasteiger partial charge is 0.308 e. The first-order valence-corrected chi connectivity index (χ1v) is 8.57. The lowest BCUT2D eigenvalue weighted by Gasteiger charge is -2.39. The highest BCUT2D eigenvalue weighted by atomic mass is 16.6. The van der Waals surface area contributed by atoms with Gasteiger partial charge in [-0.1, -0.05) is 12.8 Å². The van der Waals surface area contributed by atoms with Gasteiger partial charge in [0.05, 0.1) is 16.4 Å². The van der Waals surface area contributed by atoms with Gasteiger partial charge in [-0.2, -0.15) is 0 Å². The summed E-state index contributed by atoms with van der Waals surface area (Å²) in [4.78, 5) is 34.5. The zero-order chi connectivity index (χ0) is 18.9. The van der Waals surface area contributed by atoms with Gasteiger partial charge in [0.15, 0.2) is 0 Å². The van der Waals surface area contributed by atoms with Crippen LogP contribution >= 0.6 is 0 Å². The van der Waals surface area contributed by atoms with E-state index in [1.54, 1.807) is 29.8 Å². The number of amides is 1. The van der Waals surface area contributed by atoms with Gasteiger partial charge >= 0.3 is 5.97 Å². The number of hydrogen-bond donors (Lipinski definition) is 2. The Hall–Kier alpha value is -2.90. The van der Waals surface area contributed by atoms with Gasteiger partial charge in [-0.05, 0) is 31.9 Å². The number of benzene rings is 1. The predicted molar refractivity (Wildman–Crippen MR) is 94.7 cm³/mol. The minimum atomic E-state index is -0.883. The van der Waals surface area contributed by atoms with Gasteiger partial charge in [-0.15, -0.1) is 0 Å². The van der Waals surface area contributed by atoms with E-state index in [2.05, 4.69) is 5.32 Å². The third-order valence-electron chi connectivity index (χ3n) is 5.21. The fraction of sp³-hybridized carbons (Fsp3) is 0.444. The lowest BCUT2D eigenvalue weighted by molar-refractivity contribution is -0.384. The maximum Gasteiger partial charge on any atom is 0.308 e. The molecule has 1 fully saturated rings. The summed E-state index contributed by atoms with van der Waals surface area (Å²) < 4.78 is 1.70. The van der Waals surface area contributed by atoms with Gasteiger partial charge in [0.25, 0.3) is 5.69 Å². The highest BCUT2D eigenvalue weighted by Crippen LogP contribution is 2.34. The number of aromatic nitrogens is 1. The molecule has 1 heterocycles. The summed E-state index contributed by atoms with van der Waals surface area (Å²) in [7, 11) is 0. The number of hydrogen-bond acceptors (Lipinski definition) is 4. The fourth-order valence-electron chi connectivity index (χ4n) is 3.83. The Morgan fingerprint density at radius 1 is 1.38 bits per heavy atom. The van der Waals surface area contributed by atoms with Gasteiger partial charge in [0.1, 0.15) is 6.54 Å². The number of aliphatic carboxylic acids is 1. The number of nitro benzene ring substituents is 1. The molecule has 26 heavy (non-hydrogen) atoms. The number of non-ortho nitro benzene ring substituents is 1. The van der Waals surface area contributed by atoms with E-state index in [9.17, 15) is 24.8 Å². The van der Waals surface area contributed by atoms with Crippen molar-refractivity contribution in [2.24, 2.45) is 5.92 Å². The van der Waals surface area contributed by atoms with Crippen LogP contribution in [0.5, 0.6) is 0 Å². The van der Waals surface area contributed by atoms with Crippen molar-refractivity contribution in [1.29, 1.82) is 0 Å². The van der Waals surface area contributed by atoms with Crippen LogP contribution in [0.4, 0.5) is 5.69 Å². The molecule has 0 spiro atoms. The van der Waals surface area contributed by atoms with Crippen molar-refractivity contribution < 1.29 is 19.6 Å². The van der Waals surface area contributed by atoms with Crippen molar-refractivity contribution >= 4 is 28.5 Å². The van der Waals surface area contributed by atoms with Crippen LogP contribution < -0.4 is 5.32 Å². The van der Waals surface area contributed by atoms with Crippen LogP contribution in [0.15, 0.2) is 30.5 Å². The zero-order valence-corrected chi connectivity index (χ0v) is 14.5. The third kappa shape index (κ3) is 3.40. The van der Waals surface area contributed by atoms with Crippen LogP contribution in [-0.4, -0.2) is 32.0 Å². The molecule has 2 aromatic rings. The first-order chi connectivity index (χ1) is 12.3. The molecule has 1 aromatic heterocycles. The molecule has 138 valence electrons. The highest BCUT2D eigenvalue weighted by molar-refractivity contribution is 5.85. The molecule has 2 atom stereocenters. The van der Waals surface area contributed by atoms with E-state index in [1.807, 2.05) is 0 Å². The summed E-state index contributed by atoms with van der Waals surface area (Å²) in [5.74, 6) is -1.74. The lowest BCUT2D eigenvalue weighted by atomic mass is 9.74. The maximum atomic E-state index is 12.5. The average molecular weight is 359 g/mol. The van der Waals surface area contributed by atoms with Crippen LogP contribution in [0.1, 0.15) is 32.6 Å². The van der Waals surface area contributed by atoms with Crippen molar-refractivity contribution in [3.63, 3.8) is 0 Å². The number of nitrogens with zero attached hydrogens (tertiary/aromatic N) is 2.